The second-order valence-electron chi connectivity index (χ2n) is 7.57. The molecule has 8 heteroatoms. The van der Waals surface area contributed by atoms with E-state index in [1.165, 1.54) is 12.8 Å². The van der Waals surface area contributed by atoms with E-state index in [9.17, 15) is 13.2 Å². The Morgan fingerprint density at radius 1 is 1.06 bits per heavy atom. The van der Waals surface area contributed by atoms with E-state index in [0.717, 1.165) is 42.2 Å². The molecule has 0 unspecified atom stereocenters. The molecular formula is C24H24F3N3OS. The van der Waals surface area contributed by atoms with Crippen LogP contribution in [0.5, 0.6) is 5.75 Å². The van der Waals surface area contributed by atoms with Crippen molar-refractivity contribution in [2.24, 2.45) is 0 Å². The predicted octanol–water partition coefficient (Wildman–Crippen LogP) is 7.13. The van der Waals surface area contributed by atoms with Crippen molar-refractivity contribution in [3.05, 3.63) is 66.4 Å². The number of alkyl halides is 3. The Bertz CT molecular complexity index is 1040. The number of halogens is 3. The van der Waals surface area contributed by atoms with Gasteiger partial charge in [0, 0.05) is 29.4 Å². The maximum Gasteiger partial charge on any atom is 0.420 e. The summed E-state index contributed by atoms with van der Waals surface area (Å²) in [6, 6.07) is 16.5. The highest BCUT2D eigenvalue weighted by atomic mass is 32.2. The number of aromatic nitrogens is 2. The highest BCUT2D eigenvalue weighted by Gasteiger charge is 2.36. The molecule has 0 bridgehead atoms. The van der Waals surface area contributed by atoms with Gasteiger partial charge in [0.25, 0.3) is 0 Å². The van der Waals surface area contributed by atoms with E-state index in [1.54, 1.807) is 29.2 Å². The van der Waals surface area contributed by atoms with Crippen molar-refractivity contribution in [1.29, 1.82) is 0 Å². The Hall–Kier alpha value is -2.74. The summed E-state index contributed by atoms with van der Waals surface area (Å²) in [7, 11) is 0. The van der Waals surface area contributed by atoms with Crippen LogP contribution in [0, 0.1) is 0 Å². The summed E-state index contributed by atoms with van der Waals surface area (Å²) < 4.78 is 46.9. The minimum Gasteiger partial charge on any atom is -0.490 e. The summed E-state index contributed by atoms with van der Waals surface area (Å²) in [5.74, 6) is 0.968. The lowest BCUT2D eigenvalue weighted by Crippen LogP contribution is -2.21. The Labute approximate surface area is 189 Å². The summed E-state index contributed by atoms with van der Waals surface area (Å²) in [4.78, 5) is 10.9. The lowest BCUT2D eigenvalue weighted by Gasteiger charge is -2.23. The maximum atomic E-state index is 13.6. The van der Waals surface area contributed by atoms with Crippen LogP contribution in [0.3, 0.4) is 0 Å². The fourth-order valence-electron chi connectivity index (χ4n) is 3.72. The van der Waals surface area contributed by atoms with Crippen LogP contribution in [0.1, 0.15) is 38.2 Å². The number of benzene rings is 2. The van der Waals surface area contributed by atoms with E-state index >= 15 is 0 Å². The smallest absolute Gasteiger partial charge is 0.420 e. The van der Waals surface area contributed by atoms with Gasteiger partial charge in [0.1, 0.15) is 16.3 Å². The minimum atomic E-state index is -4.54. The first-order valence-corrected chi connectivity index (χ1v) is 11.5. The zero-order valence-corrected chi connectivity index (χ0v) is 18.5. The molecule has 0 aliphatic heterocycles. The van der Waals surface area contributed by atoms with Gasteiger partial charge >= 0.3 is 6.18 Å². The zero-order valence-electron chi connectivity index (χ0n) is 17.7. The molecule has 0 spiro atoms. The molecule has 4 rings (SSSR count). The summed E-state index contributed by atoms with van der Waals surface area (Å²) in [6.07, 6.45) is 0.987. The van der Waals surface area contributed by atoms with Gasteiger partial charge in [-0.2, -0.15) is 13.2 Å². The molecule has 168 valence electrons. The summed E-state index contributed by atoms with van der Waals surface area (Å²) in [5, 5.41) is -0.120. The monoisotopic (exact) mass is 459 g/mol. The number of nitrogens with zero attached hydrogens (tertiary/aromatic N) is 3. The number of hydrogen-bond acceptors (Lipinski definition) is 5. The molecule has 0 N–H and O–H groups in total. The normalized spacial score (nSPS) is 14.5. The van der Waals surface area contributed by atoms with Crippen LogP contribution in [0.4, 0.5) is 24.8 Å². The van der Waals surface area contributed by atoms with Gasteiger partial charge in [-0.05, 0) is 56.9 Å². The molecule has 3 aromatic rings. The number of anilines is 2. The van der Waals surface area contributed by atoms with Crippen molar-refractivity contribution in [1.82, 2.24) is 9.97 Å². The molecule has 0 saturated heterocycles. The van der Waals surface area contributed by atoms with Gasteiger partial charge in [0.2, 0.25) is 5.95 Å². The van der Waals surface area contributed by atoms with Gasteiger partial charge < -0.3 is 9.64 Å². The van der Waals surface area contributed by atoms with E-state index in [2.05, 4.69) is 9.97 Å². The Balaban J connectivity index is 1.65. The molecule has 0 amide bonds. The molecule has 2 aromatic carbocycles. The van der Waals surface area contributed by atoms with Gasteiger partial charge in [-0.25, -0.2) is 9.97 Å². The van der Waals surface area contributed by atoms with Crippen molar-refractivity contribution < 1.29 is 17.9 Å². The molecule has 0 atom stereocenters. The number of rotatable bonds is 7. The van der Waals surface area contributed by atoms with Crippen molar-refractivity contribution in [2.45, 2.75) is 54.8 Å². The maximum absolute atomic E-state index is 13.6. The van der Waals surface area contributed by atoms with Crippen LogP contribution < -0.4 is 9.64 Å². The standard InChI is InChI=1S/C24H24F3N3OS/c1-2-30(17-9-8-12-19(15-17)31-18-10-6-7-11-18)23-28-16-21(24(25,26)27)22(29-23)32-20-13-4-3-5-14-20/h3-5,8-9,12-16,18H,2,6-7,10-11H2,1H3. The second-order valence-corrected chi connectivity index (χ2v) is 8.63. The van der Waals surface area contributed by atoms with E-state index < -0.39 is 11.7 Å². The first-order valence-electron chi connectivity index (χ1n) is 10.7. The lowest BCUT2D eigenvalue weighted by molar-refractivity contribution is -0.140. The quantitative estimate of drug-likeness (QED) is 0.352. The molecule has 1 saturated carbocycles. The second kappa shape index (κ2) is 9.81. The van der Waals surface area contributed by atoms with Crippen LogP contribution in [0.25, 0.3) is 0 Å². The molecule has 1 aromatic heterocycles. The van der Waals surface area contributed by atoms with Crippen LogP contribution >= 0.6 is 11.8 Å². The molecule has 0 radical (unpaired) electrons. The van der Waals surface area contributed by atoms with Crippen LogP contribution in [-0.2, 0) is 6.18 Å². The third-order valence-corrected chi connectivity index (χ3v) is 6.31. The fourth-order valence-corrected chi connectivity index (χ4v) is 4.64. The van der Waals surface area contributed by atoms with E-state index in [1.807, 2.05) is 37.3 Å². The fraction of sp³-hybridized carbons (Fsp3) is 0.333. The number of ether oxygens (including phenoxy) is 1. The highest BCUT2D eigenvalue weighted by Crippen LogP contribution is 2.39. The van der Waals surface area contributed by atoms with Crippen molar-refractivity contribution >= 4 is 23.4 Å². The van der Waals surface area contributed by atoms with Crippen LogP contribution in [0.2, 0.25) is 0 Å². The number of hydrogen-bond donors (Lipinski definition) is 0. The Morgan fingerprint density at radius 2 is 1.81 bits per heavy atom. The van der Waals surface area contributed by atoms with Gasteiger partial charge in [0.15, 0.2) is 0 Å². The van der Waals surface area contributed by atoms with Crippen molar-refractivity contribution in [2.75, 3.05) is 11.4 Å². The Morgan fingerprint density at radius 3 is 2.50 bits per heavy atom. The third-order valence-electron chi connectivity index (χ3n) is 5.30. The van der Waals surface area contributed by atoms with Crippen molar-refractivity contribution in [3.8, 4) is 5.75 Å². The Kier molecular flexibility index (Phi) is 6.89. The summed E-state index contributed by atoms with van der Waals surface area (Å²) >= 11 is 0.980. The summed E-state index contributed by atoms with van der Waals surface area (Å²) in [5.41, 5.74) is -0.0668. The molecule has 1 fully saturated rings. The predicted molar refractivity (Wildman–Crippen MR) is 120 cm³/mol. The average molecular weight is 460 g/mol. The molecule has 1 heterocycles. The van der Waals surface area contributed by atoms with E-state index in [4.69, 9.17) is 4.74 Å². The highest BCUT2D eigenvalue weighted by molar-refractivity contribution is 7.99. The van der Waals surface area contributed by atoms with E-state index in [-0.39, 0.29) is 17.1 Å². The molecular weight excluding hydrogens is 435 g/mol. The summed E-state index contributed by atoms with van der Waals surface area (Å²) in [6.45, 7) is 2.41. The SMILES string of the molecule is CCN(c1cccc(OC2CCCC2)c1)c1ncc(C(F)(F)F)c(Sc2ccccc2)n1. The minimum absolute atomic E-state index is 0.120. The average Bonchev–Trinajstić information content (AvgIpc) is 3.28. The van der Waals surface area contributed by atoms with Crippen LogP contribution in [0.15, 0.2) is 70.7 Å². The lowest BCUT2D eigenvalue weighted by atomic mass is 10.2. The molecule has 32 heavy (non-hydrogen) atoms. The van der Waals surface area contributed by atoms with Gasteiger partial charge in [-0.1, -0.05) is 36.0 Å². The molecule has 1 aliphatic rings. The molecule has 1 aliphatic carbocycles. The van der Waals surface area contributed by atoms with Crippen molar-refractivity contribution in [3.63, 3.8) is 0 Å². The van der Waals surface area contributed by atoms with Crippen LogP contribution in [-0.4, -0.2) is 22.6 Å². The van der Waals surface area contributed by atoms with E-state index in [0.29, 0.717) is 11.4 Å². The zero-order chi connectivity index (χ0) is 22.6. The molecule has 4 nitrogen and oxygen atoms in total. The third kappa shape index (κ3) is 5.35. The first kappa shape index (κ1) is 22.5. The first-order chi connectivity index (χ1) is 15.4. The van der Waals surface area contributed by atoms with Gasteiger partial charge in [-0.3, -0.25) is 0 Å². The van der Waals surface area contributed by atoms with Gasteiger partial charge in [-0.15, -0.1) is 0 Å². The van der Waals surface area contributed by atoms with Gasteiger partial charge in [0.05, 0.1) is 6.10 Å². The largest absolute Gasteiger partial charge is 0.490 e. The topological polar surface area (TPSA) is 38.2 Å².